The van der Waals surface area contributed by atoms with Crippen molar-refractivity contribution in [3.63, 3.8) is 0 Å². The fourth-order valence-electron chi connectivity index (χ4n) is 0.754. The number of aliphatic hydroxyl groups is 1. The number of rotatable bonds is 3. The number of aliphatic hydroxyl groups excluding tert-OH is 1. The SMILES string of the molecule is O=CC(=CO)N=Nc1ccc(Cl)cc1F. The third-order valence-electron chi connectivity index (χ3n) is 1.44. The van der Waals surface area contributed by atoms with Gasteiger partial charge in [0.2, 0.25) is 0 Å². The number of azo groups is 1. The van der Waals surface area contributed by atoms with Crippen molar-refractivity contribution in [3.8, 4) is 0 Å². The van der Waals surface area contributed by atoms with Crippen molar-refractivity contribution in [1.82, 2.24) is 0 Å². The summed E-state index contributed by atoms with van der Waals surface area (Å²) in [6.07, 6.45) is 0.766. The fourth-order valence-corrected chi connectivity index (χ4v) is 0.913. The van der Waals surface area contributed by atoms with Crippen molar-refractivity contribution in [3.05, 3.63) is 41.0 Å². The summed E-state index contributed by atoms with van der Waals surface area (Å²) in [6, 6.07) is 3.81. The minimum atomic E-state index is -0.658. The highest BCUT2D eigenvalue weighted by Gasteiger charge is 2.01. The Morgan fingerprint density at radius 2 is 2.27 bits per heavy atom. The minimum Gasteiger partial charge on any atom is -0.513 e. The first-order chi connectivity index (χ1) is 7.17. The first-order valence-electron chi connectivity index (χ1n) is 3.83. The Balaban J connectivity index is 2.94. The molecule has 0 aliphatic rings. The number of aldehydes is 1. The molecule has 0 atom stereocenters. The van der Waals surface area contributed by atoms with E-state index in [-0.39, 0.29) is 22.7 Å². The third kappa shape index (κ3) is 3.14. The van der Waals surface area contributed by atoms with E-state index in [1.165, 1.54) is 12.1 Å². The highest BCUT2D eigenvalue weighted by molar-refractivity contribution is 6.30. The summed E-state index contributed by atoms with van der Waals surface area (Å²) in [5, 5.41) is 15.4. The summed E-state index contributed by atoms with van der Waals surface area (Å²) < 4.78 is 13.1. The van der Waals surface area contributed by atoms with Crippen molar-refractivity contribution in [1.29, 1.82) is 0 Å². The normalized spacial score (nSPS) is 12.0. The van der Waals surface area contributed by atoms with E-state index in [1.54, 1.807) is 0 Å². The number of carbonyl (C=O) groups excluding carboxylic acids is 1. The second kappa shape index (κ2) is 5.21. The first kappa shape index (κ1) is 11.3. The predicted octanol–water partition coefficient (Wildman–Crippen LogP) is 3.16. The zero-order valence-corrected chi connectivity index (χ0v) is 8.15. The van der Waals surface area contributed by atoms with Crippen LogP contribution in [0.25, 0.3) is 0 Å². The van der Waals surface area contributed by atoms with Crippen LogP contribution < -0.4 is 0 Å². The molecule has 1 aromatic carbocycles. The Bertz CT molecular complexity index is 432. The van der Waals surface area contributed by atoms with E-state index in [0.717, 1.165) is 6.07 Å². The summed E-state index contributed by atoms with van der Waals surface area (Å²) in [4.78, 5) is 10.2. The van der Waals surface area contributed by atoms with E-state index in [2.05, 4.69) is 10.2 Å². The van der Waals surface area contributed by atoms with Crippen LogP contribution in [0.4, 0.5) is 10.1 Å². The molecule has 0 aromatic heterocycles. The van der Waals surface area contributed by atoms with Gasteiger partial charge >= 0.3 is 0 Å². The highest BCUT2D eigenvalue weighted by Crippen LogP contribution is 2.22. The van der Waals surface area contributed by atoms with E-state index in [0.29, 0.717) is 6.26 Å². The Morgan fingerprint density at radius 1 is 1.53 bits per heavy atom. The van der Waals surface area contributed by atoms with Crippen LogP contribution in [0.15, 0.2) is 40.4 Å². The molecule has 0 bridgehead atoms. The number of hydrogen-bond donors (Lipinski definition) is 1. The molecule has 0 saturated heterocycles. The average molecular weight is 229 g/mol. The minimum absolute atomic E-state index is 0.0689. The molecule has 1 aromatic rings. The molecule has 6 heteroatoms. The molecule has 0 aliphatic heterocycles. The van der Waals surface area contributed by atoms with Gasteiger partial charge in [0.1, 0.15) is 11.9 Å². The van der Waals surface area contributed by atoms with Gasteiger partial charge in [0, 0.05) is 5.02 Å². The Kier molecular flexibility index (Phi) is 3.93. The van der Waals surface area contributed by atoms with Crippen LogP contribution in [0.2, 0.25) is 5.02 Å². The van der Waals surface area contributed by atoms with Gasteiger partial charge in [0.25, 0.3) is 0 Å². The summed E-state index contributed by atoms with van der Waals surface area (Å²) in [7, 11) is 0. The average Bonchev–Trinajstić information content (AvgIpc) is 2.22. The lowest BCUT2D eigenvalue weighted by atomic mass is 10.3. The number of allylic oxidation sites excluding steroid dienone is 1. The van der Waals surface area contributed by atoms with E-state index in [1.807, 2.05) is 0 Å². The van der Waals surface area contributed by atoms with Crippen LogP contribution in [-0.2, 0) is 4.79 Å². The number of nitrogens with zero attached hydrogens (tertiary/aromatic N) is 2. The number of hydrogen-bond acceptors (Lipinski definition) is 4. The zero-order valence-electron chi connectivity index (χ0n) is 7.39. The van der Waals surface area contributed by atoms with Crippen molar-refractivity contribution in [2.45, 2.75) is 0 Å². The molecular weight excluding hydrogens is 223 g/mol. The molecule has 0 radical (unpaired) electrons. The molecule has 78 valence electrons. The van der Waals surface area contributed by atoms with E-state index in [9.17, 15) is 9.18 Å². The monoisotopic (exact) mass is 228 g/mol. The second-order valence-corrected chi connectivity index (χ2v) is 2.90. The molecule has 0 heterocycles. The van der Waals surface area contributed by atoms with Crippen LogP contribution in [0, 0.1) is 5.82 Å². The van der Waals surface area contributed by atoms with Crippen LogP contribution in [0.5, 0.6) is 0 Å². The summed E-state index contributed by atoms with van der Waals surface area (Å²) in [6.45, 7) is 0. The Hall–Kier alpha value is -1.75. The maximum Gasteiger partial charge on any atom is 0.173 e. The van der Waals surface area contributed by atoms with Gasteiger partial charge in [-0.3, -0.25) is 4.79 Å². The van der Waals surface area contributed by atoms with Gasteiger partial charge < -0.3 is 5.11 Å². The number of halogens is 2. The molecule has 4 nitrogen and oxygen atoms in total. The molecule has 0 amide bonds. The molecule has 0 saturated carbocycles. The molecule has 0 unspecified atom stereocenters. The smallest absolute Gasteiger partial charge is 0.173 e. The predicted molar refractivity (Wildman–Crippen MR) is 52.7 cm³/mol. The van der Waals surface area contributed by atoms with Gasteiger partial charge in [-0.25, -0.2) is 4.39 Å². The van der Waals surface area contributed by atoms with Gasteiger partial charge in [-0.15, -0.1) is 10.2 Å². The van der Waals surface area contributed by atoms with Crippen LogP contribution >= 0.6 is 11.6 Å². The Labute approximate surface area is 89.7 Å². The zero-order chi connectivity index (χ0) is 11.3. The quantitative estimate of drug-likeness (QED) is 0.374. The van der Waals surface area contributed by atoms with Crippen molar-refractivity contribution in [2.75, 3.05) is 0 Å². The van der Waals surface area contributed by atoms with Gasteiger partial charge in [0.15, 0.2) is 17.8 Å². The lowest BCUT2D eigenvalue weighted by Gasteiger charge is -1.95. The van der Waals surface area contributed by atoms with E-state index in [4.69, 9.17) is 16.7 Å². The van der Waals surface area contributed by atoms with Crippen LogP contribution in [-0.4, -0.2) is 11.4 Å². The number of carbonyl (C=O) groups is 1. The van der Waals surface area contributed by atoms with Crippen molar-refractivity contribution < 1.29 is 14.3 Å². The maximum atomic E-state index is 13.1. The topological polar surface area (TPSA) is 62.0 Å². The van der Waals surface area contributed by atoms with Crippen molar-refractivity contribution in [2.24, 2.45) is 10.2 Å². The van der Waals surface area contributed by atoms with Gasteiger partial charge in [-0.1, -0.05) is 11.6 Å². The molecule has 1 rings (SSSR count). The molecule has 0 spiro atoms. The fraction of sp³-hybridized carbons (Fsp3) is 0. The number of benzene rings is 1. The molecule has 15 heavy (non-hydrogen) atoms. The third-order valence-corrected chi connectivity index (χ3v) is 1.67. The largest absolute Gasteiger partial charge is 0.513 e. The van der Waals surface area contributed by atoms with E-state index >= 15 is 0 Å². The van der Waals surface area contributed by atoms with Crippen LogP contribution in [0.3, 0.4) is 0 Å². The lowest BCUT2D eigenvalue weighted by Crippen LogP contribution is -1.79. The van der Waals surface area contributed by atoms with Gasteiger partial charge in [-0.2, -0.15) is 0 Å². The van der Waals surface area contributed by atoms with E-state index < -0.39 is 5.82 Å². The van der Waals surface area contributed by atoms with Gasteiger partial charge in [-0.05, 0) is 18.2 Å². The molecular formula is C9H6ClFN2O2. The summed E-state index contributed by atoms with van der Waals surface area (Å²) >= 11 is 5.51. The lowest BCUT2D eigenvalue weighted by molar-refractivity contribution is -0.105. The van der Waals surface area contributed by atoms with Gasteiger partial charge in [0.05, 0.1) is 0 Å². The standard InChI is InChI=1S/C9H6ClFN2O2/c10-6-1-2-9(8(11)3-6)13-12-7(4-14)5-15/h1-5,14H. The highest BCUT2D eigenvalue weighted by atomic mass is 35.5. The summed E-state index contributed by atoms with van der Waals surface area (Å²) in [5.41, 5.74) is -0.370. The first-order valence-corrected chi connectivity index (χ1v) is 4.21. The summed E-state index contributed by atoms with van der Waals surface area (Å²) in [5.74, 6) is -0.658. The van der Waals surface area contributed by atoms with Crippen LogP contribution in [0.1, 0.15) is 0 Å². The second-order valence-electron chi connectivity index (χ2n) is 2.47. The molecule has 0 aliphatic carbocycles. The molecule has 1 N–H and O–H groups in total. The van der Waals surface area contributed by atoms with Crippen molar-refractivity contribution >= 4 is 23.6 Å². The maximum absolute atomic E-state index is 13.1. The Morgan fingerprint density at radius 3 is 2.80 bits per heavy atom. The molecule has 0 fully saturated rings.